The smallest absolute Gasteiger partial charge is 0.318 e. The van der Waals surface area contributed by atoms with Crippen molar-refractivity contribution in [2.45, 2.75) is 24.9 Å². The quantitative estimate of drug-likeness (QED) is 0.785. The first-order valence-corrected chi connectivity index (χ1v) is 6.05. The SMILES string of the molecule is CN1C(=O)N[C@H]2CCC(c3ccccc3)=C[C@@H]21. The molecule has 1 aromatic carbocycles. The van der Waals surface area contributed by atoms with Crippen molar-refractivity contribution in [3.63, 3.8) is 0 Å². The van der Waals surface area contributed by atoms with E-state index >= 15 is 0 Å². The molecule has 1 N–H and O–H groups in total. The van der Waals surface area contributed by atoms with Crippen LogP contribution in [0.3, 0.4) is 0 Å². The molecule has 88 valence electrons. The molecule has 1 heterocycles. The summed E-state index contributed by atoms with van der Waals surface area (Å²) in [6, 6.07) is 11.0. The van der Waals surface area contributed by atoms with Gasteiger partial charge in [-0.15, -0.1) is 0 Å². The molecule has 2 atom stereocenters. The van der Waals surface area contributed by atoms with Gasteiger partial charge in [-0.2, -0.15) is 0 Å². The summed E-state index contributed by atoms with van der Waals surface area (Å²) >= 11 is 0. The number of allylic oxidation sites excluding steroid dienone is 1. The Kier molecular flexibility index (Phi) is 2.39. The van der Waals surface area contributed by atoms with E-state index in [2.05, 4.69) is 35.7 Å². The maximum absolute atomic E-state index is 11.6. The van der Waals surface area contributed by atoms with Gasteiger partial charge in [0.2, 0.25) is 0 Å². The van der Waals surface area contributed by atoms with Gasteiger partial charge in [0.1, 0.15) is 0 Å². The van der Waals surface area contributed by atoms with Gasteiger partial charge in [0.05, 0.1) is 12.1 Å². The lowest BCUT2D eigenvalue weighted by Crippen LogP contribution is -2.35. The first kappa shape index (κ1) is 10.4. The second kappa shape index (κ2) is 3.91. The van der Waals surface area contributed by atoms with Gasteiger partial charge in [-0.1, -0.05) is 36.4 Å². The number of amides is 2. The fourth-order valence-electron chi connectivity index (χ4n) is 2.72. The minimum atomic E-state index is 0.0468. The molecular formula is C14H16N2O. The molecule has 3 rings (SSSR count). The fraction of sp³-hybridized carbons (Fsp3) is 0.357. The summed E-state index contributed by atoms with van der Waals surface area (Å²) in [5.41, 5.74) is 2.63. The standard InChI is InChI=1S/C14H16N2O/c1-16-13-9-11(10-5-3-2-4-6-10)7-8-12(13)15-14(16)17/h2-6,9,12-13H,7-8H2,1H3,(H,15,17)/t12-,13-/m0/s1. The Hall–Kier alpha value is -1.77. The molecule has 1 aliphatic carbocycles. The molecule has 0 bridgehead atoms. The predicted octanol–water partition coefficient (Wildman–Crippen LogP) is 2.26. The summed E-state index contributed by atoms with van der Waals surface area (Å²) in [4.78, 5) is 13.4. The van der Waals surface area contributed by atoms with Crippen molar-refractivity contribution in [3.8, 4) is 0 Å². The lowest BCUT2D eigenvalue weighted by Gasteiger charge is -2.26. The molecule has 1 fully saturated rings. The van der Waals surface area contributed by atoms with Gasteiger partial charge in [-0.25, -0.2) is 4.79 Å². The molecule has 0 spiro atoms. The number of nitrogens with one attached hydrogen (secondary N) is 1. The predicted molar refractivity (Wildman–Crippen MR) is 67.5 cm³/mol. The zero-order chi connectivity index (χ0) is 11.8. The maximum Gasteiger partial charge on any atom is 0.318 e. The van der Waals surface area contributed by atoms with Crippen LogP contribution in [0.2, 0.25) is 0 Å². The Morgan fingerprint density at radius 3 is 2.82 bits per heavy atom. The Morgan fingerprint density at radius 1 is 1.29 bits per heavy atom. The van der Waals surface area contributed by atoms with Gasteiger partial charge >= 0.3 is 6.03 Å². The van der Waals surface area contributed by atoms with Crippen LogP contribution in [0.1, 0.15) is 18.4 Å². The first-order chi connectivity index (χ1) is 8.25. The van der Waals surface area contributed by atoms with E-state index in [-0.39, 0.29) is 12.1 Å². The van der Waals surface area contributed by atoms with Crippen LogP contribution in [0, 0.1) is 0 Å². The molecule has 1 aromatic rings. The number of likely N-dealkylation sites (N-methyl/N-ethyl adjacent to an activating group) is 1. The second-order valence-electron chi connectivity index (χ2n) is 4.75. The van der Waals surface area contributed by atoms with E-state index in [0.29, 0.717) is 6.04 Å². The van der Waals surface area contributed by atoms with Crippen molar-refractivity contribution in [1.29, 1.82) is 0 Å². The van der Waals surface area contributed by atoms with Gasteiger partial charge < -0.3 is 10.2 Å². The highest BCUT2D eigenvalue weighted by molar-refractivity contribution is 5.79. The molecule has 3 heteroatoms. The normalized spacial score (nSPS) is 27.5. The minimum absolute atomic E-state index is 0.0468. The van der Waals surface area contributed by atoms with Crippen LogP contribution in [0.5, 0.6) is 0 Å². The number of carbonyl (C=O) groups is 1. The molecular weight excluding hydrogens is 212 g/mol. The topological polar surface area (TPSA) is 32.3 Å². The molecule has 1 aliphatic heterocycles. The van der Waals surface area contributed by atoms with Crippen LogP contribution in [-0.4, -0.2) is 30.1 Å². The van der Waals surface area contributed by atoms with Gasteiger partial charge in [0.25, 0.3) is 0 Å². The molecule has 1 saturated heterocycles. The van der Waals surface area contributed by atoms with E-state index in [0.717, 1.165) is 12.8 Å². The van der Waals surface area contributed by atoms with Crippen molar-refractivity contribution in [1.82, 2.24) is 10.2 Å². The van der Waals surface area contributed by atoms with Crippen LogP contribution < -0.4 is 5.32 Å². The zero-order valence-corrected chi connectivity index (χ0v) is 9.89. The Balaban J connectivity index is 1.92. The van der Waals surface area contributed by atoms with Crippen molar-refractivity contribution >= 4 is 11.6 Å². The third-order valence-corrected chi connectivity index (χ3v) is 3.73. The molecule has 0 saturated carbocycles. The van der Waals surface area contributed by atoms with Crippen LogP contribution in [-0.2, 0) is 0 Å². The number of hydrogen-bond acceptors (Lipinski definition) is 1. The van der Waals surface area contributed by atoms with E-state index in [4.69, 9.17) is 0 Å². The van der Waals surface area contributed by atoms with Crippen molar-refractivity contribution in [2.24, 2.45) is 0 Å². The summed E-state index contributed by atoms with van der Waals surface area (Å²) in [6.07, 6.45) is 4.31. The van der Waals surface area contributed by atoms with E-state index < -0.39 is 0 Å². The Labute approximate surface area is 101 Å². The van der Waals surface area contributed by atoms with Gasteiger partial charge in [-0.3, -0.25) is 0 Å². The van der Waals surface area contributed by atoms with Crippen molar-refractivity contribution in [3.05, 3.63) is 42.0 Å². The summed E-state index contributed by atoms with van der Waals surface area (Å²) in [7, 11) is 1.87. The van der Waals surface area contributed by atoms with E-state index in [9.17, 15) is 4.79 Å². The Bertz CT molecular complexity index is 466. The second-order valence-corrected chi connectivity index (χ2v) is 4.75. The highest BCUT2D eigenvalue weighted by Crippen LogP contribution is 2.31. The summed E-state index contributed by atoms with van der Waals surface area (Å²) in [5, 5.41) is 3.02. The van der Waals surface area contributed by atoms with Gasteiger partial charge in [-0.05, 0) is 24.0 Å². The number of fused-ring (bicyclic) bond motifs is 1. The number of urea groups is 1. The fourth-order valence-corrected chi connectivity index (χ4v) is 2.72. The monoisotopic (exact) mass is 228 g/mol. The summed E-state index contributed by atoms with van der Waals surface area (Å²) in [5.74, 6) is 0. The number of hydrogen-bond donors (Lipinski definition) is 1. The van der Waals surface area contributed by atoms with Crippen LogP contribution >= 0.6 is 0 Å². The number of nitrogens with zero attached hydrogens (tertiary/aromatic N) is 1. The maximum atomic E-state index is 11.6. The Morgan fingerprint density at radius 2 is 2.06 bits per heavy atom. The third-order valence-electron chi connectivity index (χ3n) is 3.73. The average molecular weight is 228 g/mol. The molecule has 2 aliphatic rings. The lowest BCUT2D eigenvalue weighted by molar-refractivity contribution is 0.221. The number of carbonyl (C=O) groups excluding carboxylic acids is 1. The minimum Gasteiger partial charge on any atom is -0.333 e. The largest absolute Gasteiger partial charge is 0.333 e. The van der Waals surface area contributed by atoms with Gasteiger partial charge in [0.15, 0.2) is 0 Å². The lowest BCUT2D eigenvalue weighted by atomic mass is 9.88. The van der Waals surface area contributed by atoms with Crippen LogP contribution in [0.25, 0.3) is 5.57 Å². The molecule has 17 heavy (non-hydrogen) atoms. The van der Waals surface area contributed by atoms with Crippen molar-refractivity contribution in [2.75, 3.05) is 7.05 Å². The van der Waals surface area contributed by atoms with E-state index in [1.807, 2.05) is 13.1 Å². The van der Waals surface area contributed by atoms with E-state index in [1.165, 1.54) is 11.1 Å². The summed E-state index contributed by atoms with van der Waals surface area (Å²) in [6.45, 7) is 0. The van der Waals surface area contributed by atoms with E-state index in [1.54, 1.807) is 4.90 Å². The van der Waals surface area contributed by atoms with Crippen LogP contribution in [0.4, 0.5) is 4.79 Å². The number of rotatable bonds is 1. The molecule has 0 radical (unpaired) electrons. The highest BCUT2D eigenvalue weighted by atomic mass is 16.2. The third kappa shape index (κ3) is 1.71. The molecule has 0 unspecified atom stereocenters. The summed E-state index contributed by atoms with van der Waals surface area (Å²) < 4.78 is 0. The average Bonchev–Trinajstić information content (AvgIpc) is 2.66. The highest BCUT2D eigenvalue weighted by Gasteiger charge is 2.37. The zero-order valence-electron chi connectivity index (χ0n) is 9.89. The molecule has 2 amide bonds. The van der Waals surface area contributed by atoms with Crippen LogP contribution in [0.15, 0.2) is 36.4 Å². The van der Waals surface area contributed by atoms with Crippen molar-refractivity contribution < 1.29 is 4.79 Å². The molecule has 3 nitrogen and oxygen atoms in total. The number of benzene rings is 1. The first-order valence-electron chi connectivity index (χ1n) is 6.05. The van der Waals surface area contributed by atoms with Gasteiger partial charge in [0, 0.05) is 7.05 Å². The molecule has 0 aromatic heterocycles.